The minimum atomic E-state index is -2.87. The van der Waals surface area contributed by atoms with Gasteiger partial charge in [-0.25, -0.2) is 0 Å². The molecule has 1 amide bonds. The summed E-state index contributed by atoms with van der Waals surface area (Å²) in [6.45, 7) is -2.11. The van der Waals surface area contributed by atoms with Gasteiger partial charge in [-0.3, -0.25) is 9.79 Å². The number of guanidine groups is 1. The van der Waals surface area contributed by atoms with E-state index in [4.69, 9.17) is 0 Å². The van der Waals surface area contributed by atoms with Crippen molar-refractivity contribution in [3.63, 3.8) is 0 Å². The van der Waals surface area contributed by atoms with E-state index in [9.17, 15) is 13.6 Å². The van der Waals surface area contributed by atoms with Crippen molar-refractivity contribution in [1.82, 2.24) is 15.5 Å². The van der Waals surface area contributed by atoms with Gasteiger partial charge in [0, 0.05) is 39.8 Å². The zero-order chi connectivity index (χ0) is 19.9. The molecule has 158 valence electrons. The van der Waals surface area contributed by atoms with Crippen molar-refractivity contribution in [2.75, 3.05) is 27.7 Å². The zero-order valence-corrected chi connectivity index (χ0v) is 18.8. The molecule has 28 heavy (non-hydrogen) atoms. The van der Waals surface area contributed by atoms with Gasteiger partial charge in [-0.05, 0) is 18.9 Å². The molecule has 0 bridgehead atoms. The minimum absolute atomic E-state index is 0. The van der Waals surface area contributed by atoms with Crippen molar-refractivity contribution in [3.05, 3.63) is 29.8 Å². The minimum Gasteiger partial charge on any atom is -0.434 e. The van der Waals surface area contributed by atoms with Crippen molar-refractivity contribution >= 4 is 35.8 Å². The van der Waals surface area contributed by atoms with Crippen LogP contribution in [0.3, 0.4) is 0 Å². The lowest BCUT2D eigenvalue weighted by molar-refractivity contribution is -0.138. The molecule has 6 nitrogen and oxygen atoms in total. The summed E-state index contributed by atoms with van der Waals surface area (Å²) in [5.74, 6) is 0.767. The maximum Gasteiger partial charge on any atom is 0.387 e. The molecular weight excluding hydrogens is 481 g/mol. The number of nitrogens with one attached hydrogen (secondary N) is 2. The number of ether oxygens (including phenoxy) is 1. The highest BCUT2D eigenvalue weighted by molar-refractivity contribution is 14.0. The number of hydrogen-bond donors (Lipinski definition) is 2. The van der Waals surface area contributed by atoms with Crippen LogP contribution in [-0.2, 0) is 11.3 Å². The standard InChI is InChI=1S/C19H28F2N4O2.HI/c1-22-18(23-12-14-8-4-5-9-15(14)27-17(20)21)24-13-19(10-6-7-11-19)16(26)25(2)3;/h4-5,8-9,17H,6-7,10-13H2,1-3H3,(H2,22,23,24);1H. The predicted octanol–water partition coefficient (Wildman–Crippen LogP) is 3.22. The van der Waals surface area contributed by atoms with Gasteiger partial charge in [-0.2, -0.15) is 8.78 Å². The SMILES string of the molecule is CN=C(NCc1ccccc1OC(F)F)NCC1(C(=O)N(C)C)CCCC1.I. The topological polar surface area (TPSA) is 66.0 Å². The van der Waals surface area contributed by atoms with Crippen molar-refractivity contribution < 1.29 is 18.3 Å². The number of alkyl halides is 2. The van der Waals surface area contributed by atoms with Crippen LogP contribution in [0, 0.1) is 5.41 Å². The van der Waals surface area contributed by atoms with Gasteiger partial charge in [0.05, 0.1) is 5.41 Å². The number of carbonyl (C=O) groups is 1. The van der Waals surface area contributed by atoms with Crippen LogP contribution in [-0.4, -0.2) is 51.1 Å². The summed E-state index contributed by atoms with van der Waals surface area (Å²) < 4.78 is 29.6. The second kappa shape index (κ2) is 11.4. The van der Waals surface area contributed by atoms with E-state index in [1.807, 2.05) is 0 Å². The third-order valence-corrected chi connectivity index (χ3v) is 4.87. The van der Waals surface area contributed by atoms with Crippen molar-refractivity contribution in [2.45, 2.75) is 38.8 Å². The molecule has 0 heterocycles. The first kappa shape index (κ1) is 24.4. The molecular formula is C19H29F2IN4O2. The predicted molar refractivity (Wildman–Crippen MR) is 116 cm³/mol. The Morgan fingerprint density at radius 2 is 1.89 bits per heavy atom. The van der Waals surface area contributed by atoms with E-state index < -0.39 is 12.0 Å². The molecule has 2 N–H and O–H groups in total. The van der Waals surface area contributed by atoms with E-state index in [0.29, 0.717) is 18.1 Å². The Morgan fingerprint density at radius 3 is 2.46 bits per heavy atom. The molecule has 0 spiro atoms. The van der Waals surface area contributed by atoms with Crippen LogP contribution in [0.25, 0.3) is 0 Å². The molecule has 0 saturated heterocycles. The number of halogens is 3. The first-order chi connectivity index (χ1) is 12.9. The van der Waals surface area contributed by atoms with Gasteiger partial charge in [0.25, 0.3) is 0 Å². The Bertz CT molecular complexity index is 665. The van der Waals surface area contributed by atoms with E-state index >= 15 is 0 Å². The van der Waals surface area contributed by atoms with Crippen LogP contribution >= 0.6 is 24.0 Å². The first-order valence-electron chi connectivity index (χ1n) is 9.07. The molecule has 0 aromatic heterocycles. The van der Waals surface area contributed by atoms with Gasteiger partial charge in [-0.1, -0.05) is 31.0 Å². The highest BCUT2D eigenvalue weighted by atomic mass is 127. The fourth-order valence-electron chi connectivity index (χ4n) is 3.51. The Balaban J connectivity index is 0.00000392. The van der Waals surface area contributed by atoms with E-state index in [1.54, 1.807) is 44.2 Å². The van der Waals surface area contributed by atoms with Crippen LogP contribution in [0.5, 0.6) is 5.75 Å². The summed E-state index contributed by atoms with van der Waals surface area (Å²) in [5.41, 5.74) is 0.179. The summed E-state index contributed by atoms with van der Waals surface area (Å²) in [7, 11) is 5.18. The molecule has 1 saturated carbocycles. The van der Waals surface area contributed by atoms with E-state index in [1.165, 1.54) is 6.07 Å². The van der Waals surface area contributed by atoms with Gasteiger partial charge in [-0.15, -0.1) is 24.0 Å². The highest BCUT2D eigenvalue weighted by Crippen LogP contribution is 2.38. The smallest absolute Gasteiger partial charge is 0.387 e. The van der Waals surface area contributed by atoms with Crippen LogP contribution < -0.4 is 15.4 Å². The first-order valence-corrected chi connectivity index (χ1v) is 9.07. The van der Waals surface area contributed by atoms with Crippen LogP contribution in [0.4, 0.5) is 8.78 Å². The quantitative estimate of drug-likeness (QED) is 0.336. The second-order valence-electron chi connectivity index (χ2n) is 6.95. The molecule has 1 aromatic rings. The summed E-state index contributed by atoms with van der Waals surface area (Å²) in [6, 6.07) is 6.62. The van der Waals surface area contributed by atoms with Gasteiger partial charge in [0.1, 0.15) is 5.75 Å². The molecule has 2 rings (SSSR count). The maximum absolute atomic E-state index is 12.6. The van der Waals surface area contributed by atoms with Crippen molar-refractivity contribution in [2.24, 2.45) is 10.4 Å². The monoisotopic (exact) mass is 510 g/mol. The Kier molecular flexibility index (Phi) is 9.91. The van der Waals surface area contributed by atoms with Crippen LogP contribution in [0.2, 0.25) is 0 Å². The number of carbonyl (C=O) groups excluding carboxylic acids is 1. The van der Waals surface area contributed by atoms with E-state index in [2.05, 4.69) is 20.4 Å². The number of nitrogens with zero attached hydrogens (tertiary/aromatic N) is 2. The third-order valence-electron chi connectivity index (χ3n) is 4.87. The second-order valence-corrected chi connectivity index (χ2v) is 6.95. The van der Waals surface area contributed by atoms with Gasteiger partial charge in [0.2, 0.25) is 5.91 Å². The Labute approximate surface area is 182 Å². The average molecular weight is 510 g/mol. The number of aliphatic imine (C=N–C) groups is 1. The lowest BCUT2D eigenvalue weighted by Gasteiger charge is -2.31. The number of rotatable bonds is 7. The Morgan fingerprint density at radius 1 is 1.25 bits per heavy atom. The number of para-hydroxylation sites is 1. The van der Waals surface area contributed by atoms with Crippen LogP contribution in [0.15, 0.2) is 29.3 Å². The normalized spacial score (nSPS) is 15.7. The van der Waals surface area contributed by atoms with E-state index in [-0.39, 0.29) is 42.2 Å². The van der Waals surface area contributed by atoms with E-state index in [0.717, 1.165) is 25.7 Å². The number of hydrogen-bond acceptors (Lipinski definition) is 3. The average Bonchev–Trinajstić information content (AvgIpc) is 3.12. The molecule has 0 unspecified atom stereocenters. The largest absolute Gasteiger partial charge is 0.434 e. The Hall–Kier alpha value is -1.65. The lowest BCUT2D eigenvalue weighted by Crippen LogP contribution is -2.49. The fraction of sp³-hybridized carbons (Fsp3) is 0.579. The van der Waals surface area contributed by atoms with Crippen molar-refractivity contribution in [3.8, 4) is 5.75 Å². The van der Waals surface area contributed by atoms with Gasteiger partial charge < -0.3 is 20.3 Å². The molecule has 9 heteroatoms. The fourth-order valence-corrected chi connectivity index (χ4v) is 3.51. The molecule has 1 fully saturated rings. The lowest BCUT2D eigenvalue weighted by atomic mass is 9.84. The van der Waals surface area contributed by atoms with Crippen LogP contribution in [0.1, 0.15) is 31.2 Å². The molecule has 0 aliphatic heterocycles. The highest BCUT2D eigenvalue weighted by Gasteiger charge is 2.42. The summed E-state index contributed by atoms with van der Waals surface area (Å²) in [6.07, 6.45) is 3.76. The zero-order valence-electron chi connectivity index (χ0n) is 16.5. The number of benzene rings is 1. The summed E-state index contributed by atoms with van der Waals surface area (Å²) >= 11 is 0. The number of amides is 1. The molecule has 1 aliphatic carbocycles. The van der Waals surface area contributed by atoms with Gasteiger partial charge >= 0.3 is 6.61 Å². The molecule has 1 aliphatic rings. The van der Waals surface area contributed by atoms with Gasteiger partial charge in [0.15, 0.2) is 5.96 Å². The molecule has 0 radical (unpaired) electrons. The third kappa shape index (κ3) is 6.46. The maximum atomic E-state index is 12.6. The summed E-state index contributed by atoms with van der Waals surface area (Å²) in [4.78, 5) is 18.4. The van der Waals surface area contributed by atoms with Crippen molar-refractivity contribution in [1.29, 1.82) is 0 Å². The summed E-state index contributed by atoms with van der Waals surface area (Å²) in [5, 5.41) is 6.32. The molecule has 1 aromatic carbocycles. The molecule has 0 atom stereocenters.